The largest absolute Gasteiger partial charge is 0.296 e. The van der Waals surface area contributed by atoms with Crippen LogP contribution in [0, 0.1) is 0 Å². The van der Waals surface area contributed by atoms with Gasteiger partial charge in [0.2, 0.25) is 11.8 Å². The summed E-state index contributed by atoms with van der Waals surface area (Å²) in [7, 11) is 0. The van der Waals surface area contributed by atoms with Gasteiger partial charge in [-0.05, 0) is 34.2 Å². The first-order chi connectivity index (χ1) is 10.2. The van der Waals surface area contributed by atoms with Crippen molar-refractivity contribution in [1.82, 2.24) is 5.32 Å². The van der Waals surface area contributed by atoms with Crippen molar-refractivity contribution in [2.24, 2.45) is 0 Å². The van der Waals surface area contributed by atoms with Crippen LogP contribution in [0.4, 0.5) is 0 Å². The molecule has 1 aromatic carbocycles. The topological polar surface area (TPSA) is 46.2 Å². The van der Waals surface area contributed by atoms with Crippen molar-refractivity contribution in [3.63, 3.8) is 0 Å². The van der Waals surface area contributed by atoms with Crippen LogP contribution in [-0.4, -0.2) is 11.8 Å². The first kappa shape index (κ1) is 12.9. The highest BCUT2D eigenvalue weighted by atomic mass is 32.2. The summed E-state index contributed by atoms with van der Waals surface area (Å²) >= 11 is 3.40. The zero-order chi connectivity index (χ0) is 14.4. The van der Waals surface area contributed by atoms with E-state index in [-0.39, 0.29) is 24.7 Å². The van der Waals surface area contributed by atoms with Gasteiger partial charge >= 0.3 is 0 Å². The Labute approximate surface area is 130 Å². The Balaban J connectivity index is 2.03. The van der Waals surface area contributed by atoms with E-state index < -0.39 is 0 Å². The molecule has 2 amide bonds. The lowest BCUT2D eigenvalue weighted by Gasteiger charge is -2.10. The Bertz CT molecular complexity index is 804. The number of nitrogens with one attached hydrogen (secondary N) is 1. The first-order valence-corrected chi connectivity index (χ1v) is 8.32. The molecule has 3 heterocycles. The van der Waals surface area contributed by atoms with Crippen LogP contribution in [0.15, 0.2) is 44.8 Å². The maximum atomic E-state index is 12.0. The van der Waals surface area contributed by atoms with Crippen LogP contribution < -0.4 is 5.32 Å². The lowest BCUT2D eigenvalue weighted by molar-refractivity contribution is -0.128. The van der Waals surface area contributed by atoms with Gasteiger partial charge in [0.05, 0.1) is 17.1 Å². The summed E-state index contributed by atoms with van der Waals surface area (Å²) in [6.45, 7) is 0. The minimum Gasteiger partial charge on any atom is -0.296 e. The van der Waals surface area contributed by atoms with E-state index >= 15 is 0 Å². The zero-order valence-corrected chi connectivity index (χ0v) is 12.6. The molecule has 5 heteroatoms. The number of thiophene rings is 1. The molecule has 1 aromatic heterocycles. The lowest BCUT2D eigenvalue weighted by atomic mass is 9.92. The monoisotopic (exact) mass is 313 g/mol. The molecule has 104 valence electrons. The van der Waals surface area contributed by atoms with Crippen LogP contribution >= 0.6 is 23.1 Å². The maximum absolute atomic E-state index is 12.0. The summed E-state index contributed by atoms with van der Waals surface area (Å²) in [5, 5.41) is 4.49. The number of rotatable bonds is 0. The van der Waals surface area contributed by atoms with Crippen LogP contribution in [0.2, 0.25) is 0 Å². The highest BCUT2D eigenvalue weighted by molar-refractivity contribution is 8.01. The second kappa shape index (κ2) is 4.86. The van der Waals surface area contributed by atoms with E-state index in [1.54, 1.807) is 23.1 Å². The second-order valence-corrected chi connectivity index (χ2v) is 7.23. The lowest BCUT2D eigenvalue weighted by Crippen LogP contribution is -2.28. The fourth-order valence-corrected chi connectivity index (χ4v) is 5.02. The van der Waals surface area contributed by atoms with Gasteiger partial charge in [-0.2, -0.15) is 0 Å². The Kier molecular flexibility index (Phi) is 2.97. The standard InChI is InChI=1S/C16H11NO2S2/c18-14-7-11-9-3-1-2-4-13(9)21-16-10(5-6-20-16)12(11)8-15(19)17-14/h1-6H,7-8H2,(H,17,18,19). The molecule has 2 aliphatic heterocycles. The predicted molar refractivity (Wildman–Crippen MR) is 84.1 cm³/mol. The second-order valence-electron chi connectivity index (χ2n) is 5.00. The molecule has 0 radical (unpaired) electrons. The number of hydrogen-bond donors (Lipinski definition) is 1. The quantitative estimate of drug-likeness (QED) is 0.757. The van der Waals surface area contributed by atoms with Crippen molar-refractivity contribution in [3.05, 3.63) is 46.8 Å². The highest BCUT2D eigenvalue weighted by Crippen LogP contribution is 2.48. The molecular weight excluding hydrogens is 302 g/mol. The predicted octanol–water partition coefficient (Wildman–Crippen LogP) is 3.56. The molecule has 0 bridgehead atoms. The molecule has 0 saturated carbocycles. The number of carbonyl (C=O) groups is 2. The molecule has 1 N–H and O–H groups in total. The Hall–Kier alpha value is -1.85. The molecule has 4 rings (SSSR count). The summed E-state index contributed by atoms with van der Waals surface area (Å²) in [5.41, 5.74) is 4.15. The van der Waals surface area contributed by atoms with Crippen LogP contribution in [0.5, 0.6) is 0 Å². The fourth-order valence-electron chi connectivity index (χ4n) is 2.80. The van der Waals surface area contributed by atoms with Crippen LogP contribution in [0.3, 0.4) is 0 Å². The van der Waals surface area contributed by atoms with E-state index in [1.807, 2.05) is 23.6 Å². The number of imide groups is 1. The molecular formula is C16H11NO2S2. The van der Waals surface area contributed by atoms with Gasteiger partial charge in [0.1, 0.15) is 0 Å². The van der Waals surface area contributed by atoms with Crippen LogP contribution in [0.1, 0.15) is 24.0 Å². The molecule has 0 spiro atoms. The van der Waals surface area contributed by atoms with Crippen molar-refractivity contribution in [1.29, 1.82) is 0 Å². The number of hydrogen-bond acceptors (Lipinski definition) is 4. The van der Waals surface area contributed by atoms with E-state index in [9.17, 15) is 9.59 Å². The van der Waals surface area contributed by atoms with Gasteiger partial charge in [0, 0.05) is 10.5 Å². The maximum Gasteiger partial charge on any atom is 0.231 e. The van der Waals surface area contributed by atoms with Gasteiger partial charge in [-0.3, -0.25) is 14.9 Å². The molecule has 21 heavy (non-hydrogen) atoms. The third-order valence-electron chi connectivity index (χ3n) is 3.69. The molecule has 2 aliphatic rings. The smallest absolute Gasteiger partial charge is 0.231 e. The van der Waals surface area contributed by atoms with Gasteiger partial charge in [0.15, 0.2) is 0 Å². The molecule has 2 aromatic rings. The first-order valence-electron chi connectivity index (χ1n) is 6.62. The number of carbonyl (C=O) groups excluding carboxylic acids is 2. The SMILES string of the molecule is O=C1CC2=C(CC(=O)N1)c1ccsc1Sc1ccccc12. The van der Waals surface area contributed by atoms with Crippen LogP contribution in [-0.2, 0) is 9.59 Å². The van der Waals surface area contributed by atoms with Crippen molar-refractivity contribution in [2.75, 3.05) is 0 Å². The van der Waals surface area contributed by atoms with Gasteiger partial charge in [-0.15, -0.1) is 11.3 Å². The molecule has 0 fully saturated rings. The van der Waals surface area contributed by atoms with E-state index in [2.05, 4.69) is 17.4 Å². The molecule has 0 aliphatic carbocycles. The number of benzene rings is 1. The highest BCUT2D eigenvalue weighted by Gasteiger charge is 2.28. The van der Waals surface area contributed by atoms with Gasteiger partial charge < -0.3 is 0 Å². The van der Waals surface area contributed by atoms with Crippen LogP contribution in [0.25, 0.3) is 11.1 Å². The van der Waals surface area contributed by atoms with Crippen molar-refractivity contribution < 1.29 is 9.59 Å². The van der Waals surface area contributed by atoms with Crippen molar-refractivity contribution >= 4 is 46.1 Å². The normalized spacial score (nSPS) is 17.3. The third-order valence-corrected chi connectivity index (χ3v) is 5.91. The summed E-state index contributed by atoms with van der Waals surface area (Å²) in [6, 6.07) is 10.2. The summed E-state index contributed by atoms with van der Waals surface area (Å²) < 4.78 is 1.19. The molecule has 0 saturated heterocycles. The Morgan fingerprint density at radius 1 is 0.905 bits per heavy atom. The van der Waals surface area contributed by atoms with E-state index in [0.717, 1.165) is 27.2 Å². The number of amides is 2. The van der Waals surface area contributed by atoms with Gasteiger partial charge in [-0.1, -0.05) is 30.0 Å². The summed E-state index contributed by atoms with van der Waals surface area (Å²) in [4.78, 5) is 25.0. The molecule has 0 atom stereocenters. The average Bonchev–Trinajstić information content (AvgIpc) is 2.80. The van der Waals surface area contributed by atoms with Gasteiger partial charge in [0.25, 0.3) is 0 Å². The molecule has 0 unspecified atom stereocenters. The van der Waals surface area contributed by atoms with E-state index in [4.69, 9.17) is 0 Å². The minimum atomic E-state index is -0.219. The zero-order valence-electron chi connectivity index (χ0n) is 11.0. The van der Waals surface area contributed by atoms with Gasteiger partial charge in [-0.25, -0.2) is 0 Å². The Morgan fingerprint density at radius 3 is 2.43 bits per heavy atom. The summed E-state index contributed by atoms with van der Waals surface area (Å²) in [6.07, 6.45) is 0.521. The minimum absolute atomic E-state index is 0.216. The van der Waals surface area contributed by atoms with Crippen molar-refractivity contribution in [2.45, 2.75) is 21.9 Å². The van der Waals surface area contributed by atoms with E-state index in [1.165, 1.54) is 4.21 Å². The third kappa shape index (κ3) is 2.13. The average molecular weight is 313 g/mol. The van der Waals surface area contributed by atoms with E-state index in [0.29, 0.717) is 0 Å². The Morgan fingerprint density at radius 2 is 1.62 bits per heavy atom. The molecule has 3 nitrogen and oxygen atoms in total. The number of fused-ring (bicyclic) bond motifs is 4. The summed E-state index contributed by atoms with van der Waals surface area (Å²) in [5.74, 6) is -0.435. The fraction of sp³-hybridized carbons (Fsp3) is 0.125. The van der Waals surface area contributed by atoms with Crippen molar-refractivity contribution in [3.8, 4) is 0 Å².